The van der Waals surface area contributed by atoms with Crippen LogP contribution in [0.2, 0.25) is 0 Å². The number of carbonyl (C=O) groups is 1. The van der Waals surface area contributed by atoms with E-state index in [1.165, 1.54) is 0 Å². The fourth-order valence-electron chi connectivity index (χ4n) is 3.84. The van der Waals surface area contributed by atoms with Gasteiger partial charge < -0.3 is 10.3 Å². The van der Waals surface area contributed by atoms with Crippen LogP contribution in [0.5, 0.6) is 0 Å². The average molecular weight is 422 g/mol. The third kappa shape index (κ3) is 4.30. The van der Waals surface area contributed by atoms with Crippen LogP contribution < -0.4 is 5.32 Å². The van der Waals surface area contributed by atoms with Crippen molar-refractivity contribution >= 4 is 16.9 Å². The summed E-state index contributed by atoms with van der Waals surface area (Å²) in [6.45, 7) is 0. The molecule has 3 aromatic carbocycles. The van der Waals surface area contributed by atoms with Gasteiger partial charge in [-0.3, -0.25) is 4.79 Å². The first kappa shape index (κ1) is 19.8. The first-order valence-electron chi connectivity index (χ1n) is 10.6. The molecular formula is C26H23N5O. The number of benzene rings is 3. The zero-order chi connectivity index (χ0) is 21.8. The van der Waals surface area contributed by atoms with Crippen LogP contribution >= 0.6 is 0 Å². The first-order chi connectivity index (χ1) is 15.8. The lowest BCUT2D eigenvalue weighted by atomic mass is 9.98. The molecule has 6 nitrogen and oxygen atoms in total. The summed E-state index contributed by atoms with van der Waals surface area (Å²) in [5.41, 5.74) is 5.93. The Morgan fingerprint density at radius 2 is 1.75 bits per heavy atom. The van der Waals surface area contributed by atoms with Crippen LogP contribution in [0.15, 0.2) is 97.6 Å². The van der Waals surface area contributed by atoms with Crippen molar-refractivity contribution in [2.75, 3.05) is 0 Å². The largest absolute Gasteiger partial charge is 0.345 e. The fraction of sp³-hybridized carbons (Fsp3) is 0.115. The number of aromatic amines is 1. The monoisotopic (exact) mass is 421 g/mol. The lowest BCUT2D eigenvalue weighted by Gasteiger charge is -2.20. The number of carbonyl (C=O) groups excluding carboxylic acids is 1. The van der Waals surface area contributed by atoms with Crippen LogP contribution in [0, 0.1) is 0 Å². The SMILES string of the molecule is O=C(CCc1cnn(-c2ccccc2)c1)NC(c1ccccc1)c1ccc2nc[nH]c2c1. The number of rotatable bonds is 7. The predicted octanol–water partition coefficient (Wildman–Crippen LogP) is 4.59. The molecule has 0 spiro atoms. The van der Waals surface area contributed by atoms with Gasteiger partial charge in [-0.2, -0.15) is 5.10 Å². The van der Waals surface area contributed by atoms with E-state index in [-0.39, 0.29) is 11.9 Å². The van der Waals surface area contributed by atoms with Crippen molar-refractivity contribution in [2.24, 2.45) is 0 Å². The smallest absolute Gasteiger partial charge is 0.221 e. The highest BCUT2D eigenvalue weighted by molar-refractivity contribution is 5.79. The van der Waals surface area contributed by atoms with Gasteiger partial charge in [0.15, 0.2) is 0 Å². The lowest BCUT2D eigenvalue weighted by Crippen LogP contribution is -2.29. The number of nitrogens with one attached hydrogen (secondary N) is 2. The number of nitrogens with zero attached hydrogens (tertiary/aromatic N) is 3. The molecule has 158 valence electrons. The second kappa shape index (κ2) is 8.89. The normalized spacial score (nSPS) is 12.0. The van der Waals surface area contributed by atoms with Gasteiger partial charge in [0.1, 0.15) is 0 Å². The summed E-state index contributed by atoms with van der Waals surface area (Å²) >= 11 is 0. The molecule has 0 bridgehead atoms. The van der Waals surface area contributed by atoms with E-state index in [2.05, 4.69) is 20.4 Å². The Morgan fingerprint density at radius 3 is 2.56 bits per heavy atom. The summed E-state index contributed by atoms with van der Waals surface area (Å²) < 4.78 is 1.83. The Morgan fingerprint density at radius 1 is 0.969 bits per heavy atom. The molecule has 5 rings (SSSR count). The van der Waals surface area contributed by atoms with Gasteiger partial charge in [-0.05, 0) is 47.4 Å². The van der Waals surface area contributed by atoms with Crippen LogP contribution in [-0.4, -0.2) is 25.7 Å². The Hall–Kier alpha value is -4.19. The number of imidazole rings is 1. The highest BCUT2D eigenvalue weighted by Gasteiger charge is 2.18. The average Bonchev–Trinajstić information content (AvgIpc) is 3.51. The summed E-state index contributed by atoms with van der Waals surface area (Å²) in [6, 6.07) is 25.8. The van der Waals surface area contributed by atoms with Gasteiger partial charge in [0.25, 0.3) is 0 Å². The number of hydrogen-bond donors (Lipinski definition) is 2. The number of para-hydroxylation sites is 1. The van der Waals surface area contributed by atoms with Crippen molar-refractivity contribution < 1.29 is 4.79 Å². The quantitative estimate of drug-likeness (QED) is 0.404. The van der Waals surface area contributed by atoms with Gasteiger partial charge in [0, 0.05) is 12.6 Å². The molecule has 0 aliphatic heterocycles. The predicted molar refractivity (Wildman–Crippen MR) is 124 cm³/mol. The molecule has 5 aromatic rings. The van der Waals surface area contributed by atoms with Gasteiger partial charge in [-0.25, -0.2) is 9.67 Å². The number of aromatic nitrogens is 4. The number of fused-ring (bicyclic) bond motifs is 1. The lowest BCUT2D eigenvalue weighted by molar-refractivity contribution is -0.121. The highest BCUT2D eigenvalue weighted by Crippen LogP contribution is 2.25. The minimum absolute atomic E-state index is 0.00368. The van der Waals surface area contributed by atoms with E-state index in [9.17, 15) is 4.79 Å². The van der Waals surface area contributed by atoms with Gasteiger partial charge >= 0.3 is 0 Å². The van der Waals surface area contributed by atoms with E-state index in [0.29, 0.717) is 12.8 Å². The van der Waals surface area contributed by atoms with E-state index < -0.39 is 0 Å². The molecule has 2 N–H and O–H groups in total. The molecule has 0 radical (unpaired) electrons. The Kier molecular flexibility index (Phi) is 5.49. The van der Waals surface area contributed by atoms with Crippen LogP contribution in [0.1, 0.15) is 29.2 Å². The summed E-state index contributed by atoms with van der Waals surface area (Å²) in [6.07, 6.45) is 6.49. The van der Waals surface area contributed by atoms with Gasteiger partial charge in [-0.15, -0.1) is 0 Å². The topological polar surface area (TPSA) is 75.6 Å². The maximum Gasteiger partial charge on any atom is 0.221 e. The Balaban J connectivity index is 1.30. The van der Waals surface area contributed by atoms with Gasteiger partial charge in [0.2, 0.25) is 5.91 Å². The second-order valence-electron chi connectivity index (χ2n) is 7.72. The molecule has 0 aliphatic carbocycles. The van der Waals surface area contributed by atoms with E-state index in [4.69, 9.17) is 0 Å². The van der Waals surface area contributed by atoms with E-state index in [0.717, 1.165) is 33.4 Å². The van der Waals surface area contributed by atoms with Crippen molar-refractivity contribution in [3.63, 3.8) is 0 Å². The first-order valence-corrected chi connectivity index (χ1v) is 10.6. The van der Waals surface area contributed by atoms with Gasteiger partial charge in [-0.1, -0.05) is 54.6 Å². The van der Waals surface area contributed by atoms with E-state index >= 15 is 0 Å². The van der Waals surface area contributed by atoms with E-state index in [1.54, 1.807) is 6.33 Å². The Labute approximate surface area is 185 Å². The second-order valence-corrected chi connectivity index (χ2v) is 7.72. The summed E-state index contributed by atoms with van der Waals surface area (Å²) in [7, 11) is 0. The van der Waals surface area contributed by atoms with Crippen LogP contribution in [0.3, 0.4) is 0 Å². The highest BCUT2D eigenvalue weighted by atomic mass is 16.1. The molecule has 1 amide bonds. The van der Waals surface area contributed by atoms with Crippen molar-refractivity contribution in [1.29, 1.82) is 0 Å². The van der Waals surface area contributed by atoms with Gasteiger partial charge in [0.05, 0.1) is 35.3 Å². The zero-order valence-electron chi connectivity index (χ0n) is 17.5. The number of aryl methyl sites for hydroxylation is 1. The van der Waals surface area contributed by atoms with Crippen LogP contribution in [-0.2, 0) is 11.2 Å². The molecule has 32 heavy (non-hydrogen) atoms. The molecule has 1 atom stereocenters. The maximum absolute atomic E-state index is 12.9. The van der Waals surface area contributed by atoms with Crippen LogP contribution in [0.25, 0.3) is 16.7 Å². The molecule has 1 unspecified atom stereocenters. The third-order valence-corrected chi connectivity index (χ3v) is 5.51. The molecule has 2 aromatic heterocycles. The summed E-state index contributed by atoms with van der Waals surface area (Å²) in [4.78, 5) is 20.3. The Bertz CT molecular complexity index is 1320. The molecule has 6 heteroatoms. The van der Waals surface area contributed by atoms with Crippen molar-refractivity contribution in [1.82, 2.24) is 25.1 Å². The summed E-state index contributed by atoms with van der Waals surface area (Å²) in [5.74, 6) is -0.00368. The zero-order valence-corrected chi connectivity index (χ0v) is 17.5. The number of hydrogen-bond acceptors (Lipinski definition) is 3. The number of H-pyrrole nitrogens is 1. The molecular weight excluding hydrogens is 398 g/mol. The van der Waals surface area contributed by atoms with Crippen molar-refractivity contribution in [2.45, 2.75) is 18.9 Å². The van der Waals surface area contributed by atoms with E-state index in [1.807, 2.05) is 95.9 Å². The maximum atomic E-state index is 12.9. The standard InChI is InChI=1S/C26H23N5O/c32-25(14-11-19-16-29-31(17-19)22-9-5-2-6-10-22)30-26(20-7-3-1-4-8-20)21-12-13-23-24(15-21)28-18-27-23/h1-10,12-13,15-18,26H,11,14H2,(H,27,28)(H,30,32). The summed E-state index contributed by atoms with van der Waals surface area (Å²) in [5, 5.41) is 7.63. The molecule has 0 aliphatic rings. The molecule has 0 saturated heterocycles. The molecule has 0 fully saturated rings. The molecule has 0 saturated carbocycles. The van der Waals surface area contributed by atoms with Crippen molar-refractivity contribution in [3.8, 4) is 5.69 Å². The third-order valence-electron chi connectivity index (χ3n) is 5.51. The van der Waals surface area contributed by atoms with Crippen LogP contribution in [0.4, 0.5) is 0 Å². The minimum atomic E-state index is -0.233. The minimum Gasteiger partial charge on any atom is -0.345 e. The van der Waals surface area contributed by atoms with Crippen molar-refractivity contribution in [3.05, 3.63) is 114 Å². The number of amides is 1. The molecule has 2 heterocycles. The fourth-order valence-corrected chi connectivity index (χ4v) is 3.84.